The van der Waals surface area contributed by atoms with E-state index in [1.165, 1.54) is 17.3 Å². The minimum atomic E-state index is -0.167. The Morgan fingerprint density at radius 2 is 1.96 bits per heavy atom. The first kappa shape index (κ1) is 19.4. The van der Waals surface area contributed by atoms with Crippen molar-refractivity contribution in [1.82, 2.24) is 9.97 Å². The molecular formula is C21H20ClN3OS. The Hall–Kier alpha value is -2.37. The van der Waals surface area contributed by atoms with Crippen LogP contribution >= 0.6 is 23.4 Å². The van der Waals surface area contributed by atoms with Crippen LogP contribution in [0.5, 0.6) is 0 Å². The number of benzene rings is 1. The molecule has 138 valence electrons. The molecule has 0 aliphatic heterocycles. The molecule has 0 atom stereocenters. The van der Waals surface area contributed by atoms with Crippen LogP contribution in [0.3, 0.4) is 0 Å². The van der Waals surface area contributed by atoms with Gasteiger partial charge >= 0.3 is 0 Å². The summed E-state index contributed by atoms with van der Waals surface area (Å²) in [6, 6.07) is 15.2. The number of carbonyl (C=O) groups is 1. The maximum absolute atomic E-state index is 12.8. The highest BCUT2D eigenvalue weighted by atomic mass is 35.5. The maximum atomic E-state index is 12.8. The van der Waals surface area contributed by atoms with Crippen LogP contribution in [0.15, 0.2) is 66.0 Å². The van der Waals surface area contributed by atoms with Gasteiger partial charge in [0.05, 0.1) is 5.56 Å². The van der Waals surface area contributed by atoms with E-state index in [9.17, 15) is 4.79 Å². The fraction of sp³-hybridized carbons (Fsp3) is 0.190. The number of thioether (sulfide) groups is 1. The van der Waals surface area contributed by atoms with E-state index in [4.69, 9.17) is 11.6 Å². The molecule has 1 amide bonds. The van der Waals surface area contributed by atoms with Gasteiger partial charge in [-0.15, -0.1) is 11.8 Å². The number of hydrogen-bond acceptors (Lipinski definition) is 4. The summed E-state index contributed by atoms with van der Waals surface area (Å²) < 4.78 is 0. The number of rotatable bonds is 6. The van der Waals surface area contributed by atoms with Gasteiger partial charge in [0.1, 0.15) is 10.2 Å². The van der Waals surface area contributed by atoms with Gasteiger partial charge in [-0.05, 0) is 53.4 Å². The Morgan fingerprint density at radius 1 is 1.11 bits per heavy atom. The van der Waals surface area contributed by atoms with E-state index < -0.39 is 0 Å². The zero-order chi connectivity index (χ0) is 19.2. The average Bonchev–Trinajstić information content (AvgIpc) is 2.67. The number of nitrogens with zero attached hydrogens (tertiary/aromatic N) is 2. The number of pyridine rings is 2. The number of hydrogen-bond donors (Lipinski definition) is 1. The number of carbonyl (C=O) groups excluding carboxylic acids is 1. The van der Waals surface area contributed by atoms with Crippen LogP contribution in [0.25, 0.3) is 0 Å². The molecule has 0 radical (unpaired) electrons. The Labute approximate surface area is 168 Å². The third-order valence-electron chi connectivity index (χ3n) is 3.99. The van der Waals surface area contributed by atoms with Crippen molar-refractivity contribution in [2.24, 2.45) is 0 Å². The van der Waals surface area contributed by atoms with Gasteiger partial charge in [-0.2, -0.15) is 0 Å². The minimum Gasteiger partial charge on any atom is -0.322 e. The van der Waals surface area contributed by atoms with Crippen LogP contribution in [0, 0.1) is 0 Å². The maximum Gasteiger partial charge on any atom is 0.258 e. The smallest absolute Gasteiger partial charge is 0.258 e. The molecule has 3 rings (SSSR count). The zero-order valence-electron chi connectivity index (χ0n) is 15.1. The molecule has 0 saturated carbocycles. The van der Waals surface area contributed by atoms with E-state index in [0.717, 1.165) is 11.3 Å². The lowest BCUT2D eigenvalue weighted by molar-refractivity contribution is 0.102. The summed E-state index contributed by atoms with van der Waals surface area (Å²) in [4.78, 5) is 21.1. The van der Waals surface area contributed by atoms with Crippen molar-refractivity contribution < 1.29 is 4.79 Å². The van der Waals surface area contributed by atoms with Crippen molar-refractivity contribution in [3.05, 3.63) is 82.8 Å². The van der Waals surface area contributed by atoms with Crippen molar-refractivity contribution in [2.75, 3.05) is 5.32 Å². The Morgan fingerprint density at radius 3 is 2.74 bits per heavy atom. The zero-order valence-corrected chi connectivity index (χ0v) is 16.7. The first-order valence-corrected chi connectivity index (χ1v) is 9.99. The van der Waals surface area contributed by atoms with Crippen LogP contribution in [-0.2, 0) is 5.75 Å². The molecule has 1 aromatic carbocycles. The Kier molecular flexibility index (Phi) is 6.48. The molecule has 0 aliphatic rings. The highest BCUT2D eigenvalue weighted by molar-refractivity contribution is 7.98. The molecule has 0 fully saturated rings. The largest absolute Gasteiger partial charge is 0.322 e. The third kappa shape index (κ3) is 5.31. The molecule has 4 nitrogen and oxygen atoms in total. The number of anilines is 1. The Bertz CT molecular complexity index is 946. The monoisotopic (exact) mass is 397 g/mol. The molecule has 2 aromatic heterocycles. The first-order valence-electron chi connectivity index (χ1n) is 8.62. The van der Waals surface area contributed by atoms with Gasteiger partial charge in [0, 0.05) is 23.8 Å². The lowest BCUT2D eigenvalue weighted by Crippen LogP contribution is -2.13. The quantitative estimate of drug-likeness (QED) is 0.422. The van der Waals surface area contributed by atoms with E-state index in [0.29, 0.717) is 27.4 Å². The van der Waals surface area contributed by atoms with Crippen molar-refractivity contribution in [1.29, 1.82) is 0 Å². The molecule has 1 N–H and O–H groups in total. The fourth-order valence-electron chi connectivity index (χ4n) is 2.54. The molecule has 2 heterocycles. The molecule has 0 spiro atoms. The molecule has 0 aliphatic carbocycles. The fourth-order valence-corrected chi connectivity index (χ4v) is 3.67. The highest BCUT2D eigenvalue weighted by Gasteiger charge is 2.14. The molecule has 3 aromatic rings. The standard InChI is InChI=1S/C21H20ClN3OS/c1-14(2)16-5-3-6-17(12-16)25-20(26)18-7-4-9-24-21(18)27-13-15-8-10-23-19(22)11-15/h3-12,14H,13H2,1-2H3,(H,25,26). The SMILES string of the molecule is CC(C)c1cccc(NC(=O)c2cccnc2SCc2ccnc(Cl)c2)c1. The van der Waals surface area contributed by atoms with E-state index in [2.05, 4.69) is 35.2 Å². The predicted octanol–water partition coefficient (Wildman–Crippen LogP) is 5.80. The number of halogens is 1. The number of amides is 1. The second-order valence-corrected chi connectivity index (χ2v) is 7.72. The van der Waals surface area contributed by atoms with Gasteiger partial charge in [-0.25, -0.2) is 9.97 Å². The number of nitrogens with one attached hydrogen (secondary N) is 1. The van der Waals surface area contributed by atoms with Crippen molar-refractivity contribution in [2.45, 2.75) is 30.5 Å². The topological polar surface area (TPSA) is 54.9 Å². The number of aromatic nitrogens is 2. The summed E-state index contributed by atoms with van der Waals surface area (Å²) in [6.45, 7) is 4.25. The molecule has 6 heteroatoms. The minimum absolute atomic E-state index is 0.167. The Balaban J connectivity index is 1.74. The van der Waals surface area contributed by atoms with Crippen molar-refractivity contribution in [3.63, 3.8) is 0 Å². The van der Waals surface area contributed by atoms with Crippen LogP contribution in [0.4, 0.5) is 5.69 Å². The summed E-state index contributed by atoms with van der Waals surface area (Å²) >= 11 is 7.43. The molecule has 0 saturated heterocycles. The summed E-state index contributed by atoms with van der Waals surface area (Å²) in [5.74, 6) is 0.889. The lowest BCUT2D eigenvalue weighted by atomic mass is 10.0. The van der Waals surface area contributed by atoms with E-state index in [1.54, 1.807) is 24.5 Å². The first-order chi connectivity index (χ1) is 13.0. The van der Waals surface area contributed by atoms with Gasteiger partial charge < -0.3 is 5.32 Å². The predicted molar refractivity (Wildman–Crippen MR) is 112 cm³/mol. The molecule has 27 heavy (non-hydrogen) atoms. The van der Waals surface area contributed by atoms with Gasteiger partial charge in [-0.3, -0.25) is 4.79 Å². The second-order valence-electron chi connectivity index (χ2n) is 6.37. The summed E-state index contributed by atoms with van der Waals surface area (Å²) in [6.07, 6.45) is 3.37. The second kappa shape index (κ2) is 9.02. The summed E-state index contributed by atoms with van der Waals surface area (Å²) in [5, 5.41) is 4.12. The third-order valence-corrected chi connectivity index (χ3v) is 5.28. The van der Waals surface area contributed by atoms with E-state index in [1.807, 2.05) is 30.3 Å². The highest BCUT2D eigenvalue weighted by Crippen LogP contribution is 2.26. The van der Waals surface area contributed by atoms with Gasteiger partial charge in [-0.1, -0.05) is 37.6 Å². The normalized spacial score (nSPS) is 10.8. The van der Waals surface area contributed by atoms with Crippen LogP contribution < -0.4 is 5.32 Å². The van der Waals surface area contributed by atoms with Gasteiger partial charge in [0.15, 0.2) is 0 Å². The molecule has 0 bridgehead atoms. The summed E-state index contributed by atoms with van der Waals surface area (Å²) in [5.41, 5.74) is 3.55. The average molecular weight is 398 g/mol. The van der Waals surface area contributed by atoms with Gasteiger partial charge in [0.2, 0.25) is 0 Å². The van der Waals surface area contributed by atoms with Gasteiger partial charge in [0.25, 0.3) is 5.91 Å². The van der Waals surface area contributed by atoms with Crippen LogP contribution in [0.1, 0.15) is 41.3 Å². The molecule has 0 unspecified atom stereocenters. The van der Waals surface area contributed by atoms with Crippen molar-refractivity contribution in [3.8, 4) is 0 Å². The molecular weight excluding hydrogens is 378 g/mol. The van der Waals surface area contributed by atoms with Crippen LogP contribution in [-0.4, -0.2) is 15.9 Å². The summed E-state index contributed by atoms with van der Waals surface area (Å²) in [7, 11) is 0. The van der Waals surface area contributed by atoms with Crippen molar-refractivity contribution >= 4 is 35.0 Å². The lowest BCUT2D eigenvalue weighted by Gasteiger charge is -2.11. The van der Waals surface area contributed by atoms with Crippen LogP contribution in [0.2, 0.25) is 5.15 Å². The van der Waals surface area contributed by atoms with E-state index in [-0.39, 0.29) is 5.91 Å². The van der Waals surface area contributed by atoms with E-state index >= 15 is 0 Å².